The van der Waals surface area contributed by atoms with Crippen molar-refractivity contribution in [1.82, 2.24) is 15.1 Å². The van der Waals surface area contributed by atoms with Crippen molar-refractivity contribution in [2.24, 2.45) is 0 Å². The highest BCUT2D eigenvalue weighted by Gasteiger charge is 2.08. The van der Waals surface area contributed by atoms with Gasteiger partial charge in [-0.1, -0.05) is 16.8 Å². The van der Waals surface area contributed by atoms with Gasteiger partial charge in [0.15, 0.2) is 0 Å². The lowest BCUT2D eigenvalue weighted by Gasteiger charge is -2.03. The second-order valence-corrected chi connectivity index (χ2v) is 5.94. The number of nitrogens with zero attached hydrogens (tertiary/aromatic N) is 3. The minimum Gasteiger partial charge on any atom is -0.383 e. The summed E-state index contributed by atoms with van der Waals surface area (Å²) < 4.78 is 6.18. The van der Waals surface area contributed by atoms with Crippen molar-refractivity contribution in [3.63, 3.8) is 0 Å². The molecule has 0 saturated carbocycles. The van der Waals surface area contributed by atoms with Crippen LogP contribution in [0.2, 0.25) is 5.02 Å². The van der Waals surface area contributed by atoms with Crippen molar-refractivity contribution in [1.29, 1.82) is 0 Å². The lowest BCUT2D eigenvalue weighted by Crippen LogP contribution is -2.05. The standard InChI is InChI=1S/C15H12BrClN4O/c16-11-7-13(9-18-8-11)19-6-5-14-20-15(21-22-14)10-1-3-12(17)4-2-10/h1-4,7-9,19H,5-6H2. The molecule has 7 heteroatoms. The summed E-state index contributed by atoms with van der Waals surface area (Å²) in [6.45, 7) is 0.681. The zero-order chi connectivity index (χ0) is 15.4. The molecule has 22 heavy (non-hydrogen) atoms. The fraction of sp³-hybridized carbons (Fsp3) is 0.133. The average molecular weight is 380 g/mol. The third kappa shape index (κ3) is 3.84. The summed E-state index contributed by atoms with van der Waals surface area (Å²) in [5.41, 5.74) is 1.82. The number of anilines is 1. The van der Waals surface area contributed by atoms with E-state index < -0.39 is 0 Å². The van der Waals surface area contributed by atoms with E-state index >= 15 is 0 Å². The van der Waals surface area contributed by atoms with Gasteiger partial charge < -0.3 is 9.84 Å². The van der Waals surface area contributed by atoms with Gasteiger partial charge in [-0.2, -0.15) is 4.98 Å². The Morgan fingerprint density at radius 3 is 2.77 bits per heavy atom. The Morgan fingerprint density at radius 1 is 1.18 bits per heavy atom. The van der Waals surface area contributed by atoms with Crippen molar-refractivity contribution in [3.8, 4) is 11.4 Å². The second-order valence-electron chi connectivity index (χ2n) is 4.59. The first-order chi connectivity index (χ1) is 10.7. The summed E-state index contributed by atoms with van der Waals surface area (Å²) in [5, 5.41) is 7.91. The van der Waals surface area contributed by atoms with Gasteiger partial charge in [-0.15, -0.1) is 0 Å². The van der Waals surface area contributed by atoms with Crippen LogP contribution < -0.4 is 5.32 Å². The fourth-order valence-electron chi connectivity index (χ4n) is 1.89. The second kappa shape index (κ2) is 6.89. The summed E-state index contributed by atoms with van der Waals surface area (Å²) in [7, 11) is 0. The van der Waals surface area contributed by atoms with Crippen LogP contribution in [0.1, 0.15) is 5.89 Å². The molecule has 0 atom stereocenters. The van der Waals surface area contributed by atoms with E-state index in [0.29, 0.717) is 29.7 Å². The van der Waals surface area contributed by atoms with Crippen LogP contribution in [-0.2, 0) is 6.42 Å². The molecule has 1 aromatic carbocycles. The van der Waals surface area contributed by atoms with Crippen LogP contribution >= 0.6 is 27.5 Å². The van der Waals surface area contributed by atoms with Gasteiger partial charge in [0, 0.05) is 34.2 Å². The molecule has 0 aliphatic rings. The summed E-state index contributed by atoms with van der Waals surface area (Å²) in [4.78, 5) is 8.46. The molecule has 2 aromatic heterocycles. The molecule has 0 saturated heterocycles. The predicted octanol–water partition coefficient (Wildman–Crippen LogP) is 4.20. The molecule has 3 rings (SSSR count). The lowest BCUT2D eigenvalue weighted by molar-refractivity contribution is 0.381. The monoisotopic (exact) mass is 378 g/mol. The Morgan fingerprint density at radius 2 is 2.00 bits per heavy atom. The molecule has 1 N–H and O–H groups in total. The van der Waals surface area contributed by atoms with Crippen LogP contribution in [0.3, 0.4) is 0 Å². The SMILES string of the molecule is Clc1ccc(-c2noc(CCNc3cncc(Br)c3)n2)cc1. The fourth-order valence-corrected chi connectivity index (χ4v) is 2.39. The molecule has 112 valence electrons. The highest BCUT2D eigenvalue weighted by molar-refractivity contribution is 9.10. The summed E-state index contributed by atoms with van der Waals surface area (Å²) >= 11 is 9.24. The zero-order valence-corrected chi connectivity index (χ0v) is 13.8. The Hall–Kier alpha value is -1.92. The molecule has 3 aromatic rings. The van der Waals surface area contributed by atoms with Crippen LogP contribution in [0.15, 0.2) is 51.7 Å². The molecule has 0 spiro atoms. The third-order valence-electron chi connectivity index (χ3n) is 2.94. The first-order valence-corrected chi connectivity index (χ1v) is 7.81. The van der Waals surface area contributed by atoms with Crippen molar-refractivity contribution < 1.29 is 4.52 Å². The Labute approximate surface area is 140 Å². The first kappa shape index (κ1) is 15.0. The molecular formula is C15H12BrClN4O. The molecular weight excluding hydrogens is 368 g/mol. The van der Waals surface area contributed by atoms with E-state index in [4.69, 9.17) is 16.1 Å². The van der Waals surface area contributed by atoms with Gasteiger partial charge in [0.05, 0.1) is 11.9 Å². The topological polar surface area (TPSA) is 63.8 Å². The highest BCUT2D eigenvalue weighted by Crippen LogP contribution is 2.19. The molecule has 0 amide bonds. The lowest BCUT2D eigenvalue weighted by atomic mass is 10.2. The number of hydrogen-bond acceptors (Lipinski definition) is 5. The minimum absolute atomic E-state index is 0.566. The Balaban J connectivity index is 1.59. The maximum Gasteiger partial charge on any atom is 0.228 e. The van der Waals surface area contributed by atoms with Crippen LogP contribution in [-0.4, -0.2) is 21.7 Å². The number of aromatic nitrogens is 3. The van der Waals surface area contributed by atoms with E-state index in [2.05, 4.69) is 36.4 Å². The van der Waals surface area contributed by atoms with Gasteiger partial charge in [0.25, 0.3) is 0 Å². The number of hydrogen-bond donors (Lipinski definition) is 1. The van der Waals surface area contributed by atoms with Crippen LogP contribution in [0.4, 0.5) is 5.69 Å². The first-order valence-electron chi connectivity index (χ1n) is 6.64. The molecule has 2 heterocycles. The van der Waals surface area contributed by atoms with Crippen molar-refractivity contribution >= 4 is 33.2 Å². The number of nitrogens with one attached hydrogen (secondary N) is 1. The number of rotatable bonds is 5. The quantitative estimate of drug-likeness (QED) is 0.719. The van der Waals surface area contributed by atoms with E-state index in [1.165, 1.54) is 0 Å². The zero-order valence-electron chi connectivity index (χ0n) is 11.5. The van der Waals surface area contributed by atoms with Crippen LogP contribution in [0.5, 0.6) is 0 Å². The maximum absolute atomic E-state index is 5.86. The van der Waals surface area contributed by atoms with Gasteiger partial charge in [-0.3, -0.25) is 4.98 Å². The van der Waals surface area contributed by atoms with Crippen LogP contribution in [0.25, 0.3) is 11.4 Å². The molecule has 0 aliphatic carbocycles. The van der Waals surface area contributed by atoms with Gasteiger partial charge in [-0.05, 0) is 46.3 Å². The largest absolute Gasteiger partial charge is 0.383 e. The summed E-state index contributed by atoms with van der Waals surface area (Å²) in [5.74, 6) is 1.15. The van der Waals surface area contributed by atoms with E-state index in [9.17, 15) is 0 Å². The molecule has 0 bridgehead atoms. The smallest absolute Gasteiger partial charge is 0.228 e. The van der Waals surface area contributed by atoms with Crippen molar-refractivity contribution in [2.45, 2.75) is 6.42 Å². The summed E-state index contributed by atoms with van der Waals surface area (Å²) in [6.07, 6.45) is 4.13. The van der Waals surface area contributed by atoms with E-state index in [1.54, 1.807) is 24.5 Å². The number of pyridine rings is 1. The van der Waals surface area contributed by atoms with Crippen molar-refractivity contribution in [2.75, 3.05) is 11.9 Å². The average Bonchev–Trinajstić information content (AvgIpc) is 2.97. The molecule has 0 unspecified atom stereocenters. The van der Waals surface area contributed by atoms with E-state index in [-0.39, 0.29) is 0 Å². The summed E-state index contributed by atoms with van der Waals surface area (Å²) in [6, 6.07) is 9.29. The van der Waals surface area contributed by atoms with Gasteiger partial charge >= 0.3 is 0 Å². The number of halogens is 2. The Bertz CT molecular complexity index is 760. The van der Waals surface area contributed by atoms with Crippen LogP contribution in [0, 0.1) is 0 Å². The molecule has 0 radical (unpaired) electrons. The molecule has 0 fully saturated rings. The molecule has 5 nitrogen and oxygen atoms in total. The van der Waals surface area contributed by atoms with Gasteiger partial charge in [0.1, 0.15) is 0 Å². The van der Waals surface area contributed by atoms with Gasteiger partial charge in [-0.25, -0.2) is 0 Å². The Kier molecular flexibility index (Phi) is 4.70. The van der Waals surface area contributed by atoms with E-state index in [0.717, 1.165) is 15.7 Å². The van der Waals surface area contributed by atoms with E-state index in [1.807, 2.05) is 18.2 Å². The van der Waals surface area contributed by atoms with Gasteiger partial charge in [0.2, 0.25) is 11.7 Å². The van der Waals surface area contributed by atoms with Crippen molar-refractivity contribution in [3.05, 3.63) is 58.1 Å². The predicted molar refractivity (Wildman–Crippen MR) is 88.9 cm³/mol. The minimum atomic E-state index is 0.566. The number of benzene rings is 1. The third-order valence-corrected chi connectivity index (χ3v) is 3.63. The normalized spacial score (nSPS) is 10.6. The molecule has 0 aliphatic heterocycles. The maximum atomic E-state index is 5.86. The highest BCUT2D eigenvalue weighted by atomic mass is 79.9.